The van der Waals surface area contributed by atoms with Crippen LogP contribution < -0.4 is 10.6 Å². The molecule has 0 aliphatic heterocycles. The molecule has 98 valence electrons. The van der Waals surface area contributed by atoms with E-state index in [9.17, 15) is 0 Å². The third-order valence-electron chi connectivity index (χ3n) is 2.79. The second kappa shape index (κ2) is 6.56. The van der Waals surface area contributed by atoms with Gasteiger partial charge in [0, 0.05) is 12.6 Å². The van der Waals surface area contributed by atoms with E-state index in [0.717, 1.165) is 12.8 Å². The number of rotatable bonds is 7. The molecule has 17 heavy (non-hydrogen) atoms. The van der Waals surface area contributed by atoms with Crippen molar-refractivity contribution in [3.8, 4) is 0 Å². The van der Waals surface area contributed by atoms with E-state index in [4.69, 9.17) is 15.3 Å². The summed E-state index contributed by atoms with van der Waals surface area (Å²) in [6.07, 6.45) is 1.93. The third kappa shape index (κ3) is 3.41. The maximum absolute atomic E-state index is 9.10. The molecule has 0 spiro atoms. The summed E-state index contributed by atoms with van der Waals surface area (Å²) in [5, 5.41) is 17.0. The monoisotopic (exact) mass is 242 g/mol. The second-order valence-electron chi connectivity index (χ2n) is 4.10. The summed E-state index contributed by atoms with van der Waals surface area (Å²) < 4.78 is 5.51. The zero-order valence-electron chi connectivity index (χ0n) is 10.8. The van der Waals surface area contributed by atoms with Crippen LogP contribution in [0.4, 0.5) is 6.01 Å². The Morgan fingerprint density at radius 2 is 2.00 bits per heavy atom. The number of nitrogens with zero attached hydrogens (tertiary/aromatic N) is 3. The third-order valence-corrected chi connectivity index (χ3v) is 2.79. The van der Waals surface area contributed by atoms with E-state index in [1.165, 1.54) is 0 Å². The molecule has 3 N–H and O–H groups in total. The molecule has 6 heteroatoms. The topological polar surface area (TPSA) is 88.4 Å². The van der Waals surface area contributed by atoms with E-state index >= 15 is 0 Å². The van der Waals surface area contributed by atoms with Crippen molar-refractivity contribution in [2.75, 3.05) is 18.1 Å². The van der Waals surface area contributed by atoms with Gasteiger partial charge in [0.25, 0.3) is 0 Å². The van der Waals surface area contributed by atoms with Gasteiger partial charge in [-0.25, -0.2) is 0 Å². The van der Waals surface area contributed by atoms with Gasteiger partial charge in [0.2, 0.25) is 5.89 Å². The Morgan fingerprint density at radius 3 is 2.41 bits per heavy atom. The van der Waals surface area contributed by atoms with Gasteiger partial charge in [-0.3, -0.25) is 0 Å². The van der Waals surface area contributed by atoms with Crippen molar-refractivity contribution in [1.29, 1.82) is 0 Å². The normalized spacial score (nSPS) is 13.1. The van der Waals surface area contributed by atoms with Crippen LogP contribution in [0.15, 0.2) is 4.42 Å². The number of anilines is 1. The number of aliphatic hydroxyl groups excluding tert-OH is 1. The van der Waals surface area contributed by atoms with E-state index in [-0.39, 0.29) is 12.6 Å². The van der Waals surface area contributed by atoms with Gasteiger partial charge in [0.15, 0.2) is 0 Å². The molecule has 1 aromatic rings. The van der Waals surface area contributed by atoms with Gasteiger partial charge in [-0.05, 0) is 19.8 Å². The summed E-state index contributed by atoms with van der Waals surface area (Å²) in [4.78, 5) is 1.94. The predicted octanol–water partition coefficient (Wildman–Crippen LogP) is 1.08. The number of aliphatic hydroxyl groups is 1. The molecule has 0 saturated carbocycles. The summed E-state index contributed by atoms with van der Waals surface area (Å²) in [7, 11) is 0. The van der Waals surface area contributed by atoms with Crippen LogP contribution in [0.2, 0.25) is 0 Å². The molecule has 0 amide bonds. The average molecular weight is 242 g/mol. The SMILES string of the molecule is CCC(CC)N(CCO)c1nnc(C(C)N)o1. The van der Waals surface area contributed by atoms with Gasteiger partial charge in [-0.2, -0.15) is 0 Å². The second-order valence-corrected chi connectivity index (χ2v) is 4.10. The van der Waals surface area contributed by atoms with Crippen molar-refractivity contribution < 1.29 is 9.52 Å². The molecule has 0 aliphatic carbocycles. The minimum Gasteiger partial charge on any atom is -0.406 e. The quantitative estimate of drug-likeness (QED) is 0.743. The smallest absolute Gasteiger partial charge is 0.318 e. The Morgan fingerprint density at radius 1 is 1.35 bits per heavy atom. The number of nitrogens with two attached hydrogens (primary N) is 1. The average Bonchev–Trinajstić information content (AvgIpc) is 2.78. The lowest BCUT2D eigenvalue weighted by Crippen LogP contribution is -2.37. The minimum absolute atomic E-state index is 0.0619. The first-order valence-electron chi connectivity index (χ1n) is 6.10. The molecular weight excluding hydrogens is 220 g/mol. The first kappa shape index (κ1) is 13.9. The zero-order chi connectivity index (χ0) is 12.8. The minimum atomic E-state index is -0.270. The largest absolute Gasteiger partial charge is 0.406 e. The van der Waals surface area contributed by atoms with Gasteiger partial charge < -0.3 is 20.2 Å². The Kier molecular flexibility index (Phi) is 5.37. The maximum Gasteiger partial charge on any atom is 0.318 e. The molecule has 0 radical (unpaired) electrons. The standard InChI is InChI=1S/C11H22N4O2/c1-4-9(5-2)15(6-7-16)11-14-13-10(17-11)8(3)12/h8-9,16H,4-7,12H2,1-3H3. The van der Waals surface area contributed by atoms with Crippen LogP contribution in [-0.2, 0) is 0 Å². The van der Waals surface area contributed by atoms with Crippen molar-refractivity contribution in [2.45, 2.75) is 45.7 Å². The van der Waals surface area contributed by atoms with Crippen LogP contribution in [-0.4, -0.2) is 34.5 Å². The summed E-state index contributed by atoms with van der Waals surface area (Å²) in [6, 6.07) is 0.470. The van der Waals surface area contributed by atoms with Crippen LogP contribution in [0.5, 0.6) is 0 Å². The number of hydrogen-bond donors (Lipinski definition) is 2. The molecule has 0 fully saturated rings. The highest BCUT2D eigenvalue weighted by Gasteiger charge is 2.21. The predicted molar refractivity (Wildman–Crippen MR) is 65.7 cm³/mol. The van der Waals surface area contributed by atoms with E-state index in [1.807, 2.05) is 4.90 Å². The lowest BCUT2D eigenvalue weighted by atomic mass is 10.1. The van der Waals surface area contributed by atoms with Gasteiger partial charge >= 0.3 is 6.01 Å². The van der Waals surface area contributed by atoms with Crippen molar-refractivity contribution in [3.63, 3.8) is 0 Å². The highest BCUT2D eigenvalue weighted by atomic mass is 16.4. The summed E-state index contributed by atoms with van der Waals surface area (Å²) in [5.74, 6) is 0.425. The molecule has 0 aliphatic rings. The molecule has 1 atom stereocenters. The van der Waals surface area contributed by atoms with Crippen LogP contribution in [0.1, 0.15) is 45.5 Å². The molecule has 1 rings (SSSR count). The Labute approximate surface area is 102 Å². The van der Waals surface area contributed by atoms with Crippen molar-refractivity contribution >= 4 is 6.01 Å². The van der Waals surface area contributed by atoms with Gasteiger partial charge in [0.1, 0.15) is 0 Å². The Bertz CT molecular complexity index is 323. The molecule has 1 unspecified atom stereocenters. The fraction of sp³-hybridized carbons (Fsp3) is 0.818. The molecule has 0 saturated heterocycles. The van der Waals surface area contributed by atoms with Crippen molar-refractivity contribution in [1.82, 2.24) is 10.2 Å². The molecule has 0 bridgehead atoms. The van der Waals surface area contributed by atoms with Gasteiger partial charge in [-0.15, -0.1) is 5.10 Å². The van der Waals surface area contributed by atoms with Gasteiger partial charge in [0.05, 0.1) is 12.6 Å². The molecule has 0 aromatic carbocycles. The summed E-state index contributed by atoms with van der Waals surface area (Å²) in [6.45, 7) is 6.55. The van der Waals surface area contributed by atoms with Crippen LogP contribution in [0.3, 0.4) is 0 Å². The van der Waals surface area contributed by atoms with Crippen molar-refractivity contribution in [3.05, 3.63) is 5.89 Å². The first-order chi connectivity index (χ1) is 8.13. The lowest BCUT2D eigenvalue weighted by molar-refractivity contribution is 0.290. The lowest BCUT2D eigenvalue weighted by Gasteiger charge is -2.27. The van der Waals surface area contributed by atoms with E-state index < -0.39 is 0 Å². The summed E-state index contributed by atoms with van der Waals surface area (Å²) >= 11 is 0. The fourth-order valence-corrected chi connectivity index (χ4v) is 1.80. The molecule has 6 nitrogen and oxygen atoms in total. The Balaban J connectivity index is 2.88. The molecule has 1 aromatic heterocycles. The molecule has 1 heterocycles. The highest BCUT2D eigenvalue weighted by Crippen LogP contribution is 2.20. The van der Waals surface area contributed by atoms with E-state index in [1.54, 1.807) is 6.92 Å². The molecular formula is C11H22N4O2. The number of aromatic nitrogens is 2. The fourth-order valence-electron chi connectivity index (χ4n) is 1.80. The zero-order valence-corrected chi connectivity index (χ0v) is 10.8. The van der Waals surface area contributed by atoms with Crippen LogP contribution >= 0.6 is 0 Å². The van der Waals surface area contributed by atoms with Crippen LogP contribution in [0.25, 0.3) is 0 Å². The number of hydrogen-bond acceptors (Lipinski definition) is 6. The summed E-state index contributed by atoms with van der Waals surface area (Å²) in [5.41, 5.74) is 5.68. The van der Waals surface area contributed by atoms with E-state index in [2.05, 4.69) is 24.0 Å². The highest BCUT2D eigenvalue weighted by molar-refractivity contribution is 5.26. The van der Waals surface area contributed by atoms with Gasteiger partial charge in [-0.1, -0.05) is 18.9 Å². The van der Waals surface area contributed by atoms with Crippen molar-refractivity contribution in [2.24, 2.45) is 5.73 Å². The van der Waals surface area contributed by atoms with E-state index in [0.29, 0.717) is 24.5 Å². The maximum atomic E-state index is 9.10. The Hall–Kier alpha value is -1.14. The van der Waals surface area contributed by atoms with Crippen LogP contribution in [0, 0.1) is 0 Å². The first-order valence-corrected chi connectivity index (χ1v) is 6.10.